The SMILES string of the molecule is COC(=O)CC1(C(=O)OC)Nc2c(S(=O)C(F)(F)F)c(C#N)nn2-c2cc(C(F)(F)F)cc(Cl)c21. The molecule has 0 spiro atoms. The van der Waals surface area contributed by atoms with Crippen molar-refractivity contribution in [3.05, 3.63) is 34.0 Å². The molecule has 2 heterocycles. The smallest absolute Gasteiger partial charge is 0.469 e. The van der Waals surface area contributed by atoms with Gasteiger partial charge in [-0.05, 0) is 12.1 Å². The van der Waals surface area contributed by atoms with Gasteiger partial charge in [-0.2, -0.15) is 36.7 Å². The van der Waals surface area contributed by atoms with Gasteiger partial charge >= 0.3 is 23.6 Å². The van der Waals surface area contributed by atoms with Crippen molar-refractivity contribution in [2.75, 3.05) is 19.5 Å². The zero-order valence-electron chi connectivity index (χ0n) is 17.3. The second-order valence-corrected chi connectivity index (χ2v) is 8.71. The van der Waals surface area contributed by atoms with E-state index in [4.69, 9.17) is 11.6 Å². The fourth-order valence-corrected chi connectivity index (χ4v) is 4.67. The molecule has 2 aromatic rings. The van der Waals surface area contributed by atoms with Crippen LogP contribution in [-0.4, -0.2) is 45.7 Å². The van der Waals surface area contributed by atoms with E-state index in [1.165, 1.54) is 6.07 Å². The fraction of sp³-hybridized carbons (Fsp3) is 0.333. The zero-order valence-corrected chi connectivity index (χ0v) is 18.9. The van der Waals surface area contributed by atoms with Crippen LogP contribution in [0.25, 0.3) is 5.69 Å². The Bertz CT molecular complexity index is 1300. The highest BCUT2D eigenvalue weighted by atomic mass is 35.5. The number of carbonyl (C=O) groups excluding carboxylic acids is 2. The summed E-state index contributed by atoms with van der Waals surface area (Å²) in [4.78, 5) is 23.9. The molecule has 0 fully saturated rings. The predicted octanol–water partition coefficient (Wildman–Crippen LogP) is 3.40. The summed E-state index contributed by atoms with van der Waals surface area (Å²) >= 11 is 6.10. The summed E-state index contributed by atoms with van der Waals surface area (Å²) in [5.41, 5.74) is -11.7. The lowest BCUT2D eigenvalue weighted by Crippen LogP contribution is -2.50. The van der Waals surface area contributed by atoms with Crippen molar-refractivity contribution in [3.8, 4) is 11.8 Å². The van der Waals surface area contributed by atoms with Crippen LogP contribution in [0.2, 0.25) is 5.02 Å². The molecule has 35 heavy (non-hydrogen) atoms. The van der Waals surface area contributed by atoms with E-state index in [2.05, 4.69) is 19.9 Å². The van der Waals surface area contributed by atoms with Gasteiger partial charge in [-0.3, -0.25) is 4.79 Å². The van der Waals surface area contributed by atoms with E-state index in [9.17, 15) is 45.4 Å². The summed E-state index contributed by atoms with van der Waals surface area (Å²) in [5.74, 6) is -3.44. The van der Waals surface area contributed by atoms with Gasteiger partial charge in [0.15, 0.2) is 22.0 Å². The third kappa shape index (κ3) is 4.29. The van der Waals surface area contributed by atoms with Crippen LogP contribution in [-0.2, 0) is 41.6 Å². The number of methoxy groups -OCH3 is 2. The molecule has 1 N–H and O–H groups in total. The molecule has 0 saturated carbocycles. The van der Waals surface area contributed by atoms with Crippen molar-refractivity contribution in [1.29, 1.82) is 5.26 Å². The van der Waals surface area contributed by atoms with Gasteiger partial charge < -0.3 is 14.8 Å². The second kappa shape index (κ2) is 8.72. The Labute approximate surface area is 199 Å². The van der Waals surface area contributed by atoms with Crippen LogP contribution in [0.4, 0.5) is 32.2 Å². The van der Waals surface area contributed by atoms with Crippen LogP contribution in [0.3, 0.4) is 0 Å². The molecule has 0 radical (unpaired) electrons. The number of hydrogen-bond donors (Lipinski definition) is 1. The molecule has 0 bridgehead atoms. The van der Waals surface area contributed by atoms with Crippen molar-refractivity contribution < 1.29 is 49.6 Å². The van der Waals surface area contributed by atoms with Crippen molar-refractivity contribution in [1.82, 2.24) is 9.78 Å². The predicted molar refractivity (Wildman–Crippen MR) is 105 cm³/mol. The number of aromatic nitrogens is 2. The molecule has 9 nitrogen and oxygen atoms in total. The van der Waals surface area contributed by atoms with Crippen LogP contribution in [0, 0.1) is 11.3 Å². The topological polar surface area (TPSA) is 123 Å². The molecule has 2 atom stereocenters. The number of alkyl halides is 6. The van der Waals surface area contributed by atoms with Crippen LogP contribution < -0.4 is 5.32 Å². The number of esters is 2. The maximum absolute atomic E-state index is 13.5. The highest BCUT2D eigenvalue weighted by Crippen LogP contribution is 2.49. The van der Waals surface area contributed by atoms with Gasteiger partial charge in [-0.1, -0.05) is 11.6 Å². The highest BCUT2D eigenvalue weighted by Gasteiger charge is 2.54. The number of benzene rings is 1. The minimum absolute atomic E-state index is 0.398. The first kappa shape index (κ1) is 26.3. The van der Waals surface area contributed by atoms with Crippen LogP contribution in [0.1, 0.15) is 23.2 Å². The lowest BCUT2D eigenvalue weighted by molar-refractivity contribution is -0.153. The summed E-state index contributed by atoms with van der Waals surface area (Å²) in [5, 5.41) is 14.4. The van der Waals surface area contributed by atoms with E-state index >= 15 is 0 Å². The molecular weight excluding hydrogens is 534 g/mol. The number of nitrogens with one attached hydrogen (secondary N) is 1. The number of rotatable bonds is 4. The zero-order chi connectivity index (χ0) is 26.5. The Morgan fingerprint density at radius 2 is 1.86 bits per heavy atom. The van der Waals surface area contributed by atoms with Gasteiger partial charge in [0.2, 0.25) is 0 Å². The van der Waals surface area contributed by atoms with Crippen LogP contribution in [0.15, 0.2) is 17.0 Å². The highest BCUT2D eigenvalue weighted by molar-refractivity contribution is 7.86. The Kier molecular flexibility index (Phi) is 6.55. The largest absolute Gasteiger partial charge is 0.476 e. The average molecular weight is 545 g/mol. The van der Waals surface area contributed by atoms with Crippen molar-refractivity contribution >= 4 is 40.2 Å². The third-order valence-corrected chi connectivity index (χ3v) is 6.37. The molecule has 2 unspecified atom stereocenters. The molecule has 188 valence electrons. The number of nitriles is 1. The van der Waals surface area contributed by atoms with Crippen LogP contribution >= 0.6 is 11.6 Å². The maximum Gasteiger partial charge on any atom is 0.476 e. The monoisotopic (exact) mass is 544 g/mol. The fourth-order valence-electron chi connectivity index (χ4n) is 3.48. The van der Waals surface area contributed by atoms with Gasteiger partial charge in [0, 0.05) is 10.6 Å². The molecule has 3 rings (SSSR count). The minimum atomic E-state index is -5.43. The average Bonchev–Trinajstić information content (AvgIpc) is 3.14. The Morgan fingerprint density at radius 1 is 1.23 bits per heavy atom. The molecule has 0 saturated heterocycles. The Hall–Kier alpha value is -3.32. The number of anilines is 1. The van der Waals surface area contributed by atoms with Crippen molar-refractivity contribution in [2.24, 2.45) is 0 Å². The summed E-state index contributed by atoms with van der Waals surface area (Å²) in [6.45, 7) is 0. The molecule has 17 heteroatoms. The van der Waals surface area contributed by atoms with Gasteiger partial charge in [0.1, 0.15) is 16.8 Å². The minimum Gasteiger partial charge on any atom is -0.469 e. The summed E-state index contributed by atoms with van der Waals surface area (Å²) < 4.78 is 102. The molecule has 0 amide bonds. The van der Waals surface area contributed by atoms with Gasteiger partial charge in [0.05, 0.1) is 31.9 Å². The lowest BCUT2D eigenvalue weighted by Gasteiger charge is -2.38. The molecule has 1 aromatic carbocycles. The number of ether oxygens (including phenoxy) is 2. The Morgan fingerprint density at radius 3 is 2.34 bits per heavy atom. The lowest BCUT2D eigenvalue weighted by atomic mass is 9.83. The van der Waals surface area contributed by atoms with E-state index in [-0.39, 0.29) is 0 Å². The molecule has 1 aliphatic rings. The number of halogens is 7. The second-order valence-electron chi connectivity index (χ2n) is 6.89. The first-order chi connectivity index (χ1) is 16.1. The Balaban J connectivity index is 2.53. The van der Waals surface area contributed by atoms with Crippen molar-refractivity contribution in [2.45, 2.75) is 28.5 Å². The first-order valence-corrected chi connectivity index (χ1v) is 10.5. The molecule has 1 aliphatic heterocycles. The van der Waals surface area contributed by atoms with E-state index in [1.807, 2.05) is 0 Å². The number of hydrogen-bond acceptors (Lipinski definition) is 8. The van der Waals surface area contributed by atoms with Crippen molar-refractivity contribution in [3.63, 3.8) is 0 Å². The van der Waals surface area contributed by atoms with E-state index in [0.717, 1.165) is 14.2 Å². The van der Waals surface area contributed by atoms with E-state index in [1.54, 1.807) is 0 Å². The molecule has 0 aliphatic carbocycles. The number of carbonyl (C=O) groups is 2. The first-order valence-electron chi connectivity index (χ1n) is 8.99. The summed E-state index contributed by atoms with van der Waals surface area (Å²) in [6, 6.07) is 2.11. The quantitative estimate of drug-likeness (QED) is 0.459. The summed E-state index contributed by atoms with van der Waals surface area (Å²) in [7, 11) is -2.18. The van der Waals surface area contributed by atoms with Gasteiger partial charge in [0.25, 0.3) is 0 Å². The number of fused-ring (bicyclic) bond motifs is 3. The molecular formula is C18H11ClF6N4O5S. The van der Waals surface area contributed by atoms with Crippen LogP contribution in [0.5, 0.6) is 0 Å². The molecule has 1 aromatic heterocycles. The van der Waals surface area contributed by atoms with Gasteiger partial charge in [-0.25, -0.2) is 13.7 Å². The normalized spacial score (nSPS) is 17.9. The van der Waals surface area contributed by atoms with E-state index < -0.39 is 84.6 Å². The maximum atomic E-state index is 13.5. The third-order valence-electron chi connectivity index (χ3n) is 4.90. The summed E-state index contributed by atoms with van der Waals surface area (Å²) in [6.07, 6.45) is -6.04. The van der Waals surface area contributed by atoms with E-state index in [0.29, 0.717) is 16.8 Å². The number of nitrogens with zero attached hydrogens (tertiary/aromatic N) is 3. The van der Waals surface area contributed by atoms with Gasteiger partial charge in [-0.15, -0.1) is 0 Å². The standard InChI is InChI=1S/C18H11ClF6N4O5S/c1-33-11(30)5-16(15(31)34-2)12-8(19)3-7(17(20,21)22)4-10(12)29-14(27-16)13(9(6-26)28-29)35(32)18(23,24)25/h3-4,27H,5H2,1-2H3.